The molecule has 1 rings (SSSR count). The molecular formula is C18H24N4O4. The van der Waals surface area contributed by atoms with Gasteiger partial charge < -0.3 is 21.5 Å². The second kappa shape index (κ2) is 9.97. The molecule has 2 atom stereocenters. The summed E-state index contributed by atoms with van der Waals surface area (Å²) in [6.07, 6.45) is 1.62. The number of carboxylic acids is 1. The Morgan fingerprint density at radius 1 is 1.23 bits per heavy atom. The standard InChI is InChI=1S/C18H24N4O4/c1-3-13(18(25)26)14(4-2)22-16(24)10-9-15(23)21-12-7-5-11(6-8-12)17(19)20/h4-8,13-14H,2-3,9-10H2,1H3,(H3,19,20)(H,21,23)(H,22,24)(H,25,26). The maximum atomic E-state index is 12.0. The molecule has 0 aliphatic carbocycles. The van der Waals surface area contributed by atoms with Crippen LogP contribution in [0.15, 0.2) is 36.9 Å². The van der Waals surface area contributed by atoms with E-state index in [1.165, 1.54) is 6.08 Å². The molecule has 6 N–H and O–H groups in total. The number of nitrogens with one attached hydrogen (secondary N) is 3. The fourth-order valence-corrected chi connectivity index (χ4v) is 2.35. The lowest BCUT2D eigenvalue weighted by Gasteiger charge is -2.20. The average Bonchev–Trinajstić information content (AvgIpc) is 2.59. The first kappa shape index (κ1) is 20.9. The van der Waals surface area contributed by atoms with Crippen LogP contribution in [0.5, 0.6) is 0 Å². The smallest absolute Gasteiger partial charge is 0.308 e. The van der Waals surface area contributed by atoms with Gasteiger partial charge in [-0.05, 0) is 30.7 Å². The number of hydrogen-bond donors (Lipinski definition) is 5. The molecule has 0 heterocycles. The Morgan fingerprint density at radius 3 is 2.27 bits per heavy atom. The van der Waals surface area contributed by atoms with Crippen molar-refractivity contribution < 1.29 is 19.5 Å². The second-order valence-electron chi connectivity index (χ2n) is 5.72. The van der Waals surface area contributed by atoms with Crippen LogP contribution in [0.2, 0.25) is 0 Å². The predicted molar refractivity (Wildman–Crippen MR) is 98.9 cm³/mol. The van der Waals surface area contributed by atoms with Gasteiger partial charge in [-0.2, -0.15) is 0 Å². The second-order valence-corrected chi connectivity index (χ2v) is 5.72. The van der Waals surface area contributed by atoms with E-state index in [0.717, 1.165) is 0 Å². The van der Waals surface area contributed by atoms with Crippen molar-refractivity contribution in [2.75, 3.05) is 5.32 Å². The fourth-order valence-electron chi connectivity index (χ4n) is 2.35. The molecule has 8 nitrogen and oxygen atoms in total. The first-order valence-electron chi connectivity index (χ1n) is 8.17. The Hall–Kier alpha value is -3.16. The van der Waals surface area contributed by atoms with E-state index in [-0.39, 0.29) is 24.6 Å². The van der Waals surface area contributed by atoms with Crippen LogP contribution in [-0.2, 0) is 14.4 Å². The summed E-state index contributed by atoms with van der Waals surface area (Å²) in [5.74, 6) is -2.61. The van der Waals surface area contributed by atoms with Gasteiger partial charge in [0, 0.05) is 24.1 Å². The van der Waals surface area contributed by atoms with Crippen LogP contribution in [0, 0.1) is 11.3 Å². The monoisotopic (exact) mass is 360 g/mol. The van der Waals surface area contributed by atoms with Crippen LogP contribution in [0.1, 0.15) is 31.7 Å². The van der Waals surface area contributed by atoms with Crippen molar-refractivity contribution in [1.82, 2.24) is 5.32 Å². The number of carbonyl (C=O) groups excluding carboxylic acids is 2. The summed E-state index contributed by atoms with van der Waals surface area (Å²) in [5, 5.41) is 21.7. The quantitative estimate of drug-likeness (QED) is 0.244. The fraction of sp³-hybridized carbons (Fsp3) is 0.333. The highest BCUT2D eigenvalue weighted by Crippen LogP contribution is 2.12. The van der Waals surface area contributed by atoms with Gasteiger partial charge in [-0.25, -0.2) is 0 Å². The van der Waals surface area contributed by atoms with E-state index in [1.807, 2.05) is 0 Å². The number of nitrogens with two attached hydrogens (primary N) is 1. The van der Waals surface area contributed by atoms with E-state index < -0.39 is 23.8 Å². The molecule has 0 saturated heterocycles. The zero-order chi connectivity index (χ0) is 19.7. The summed E-state index contributed by atoms with van der Waals surface area (Å²) in [6, 6.07) is 5.75. The summed E-state index contributed by atoms with van der Waals surface area (Å²) < 4.78 is 0. The van der Waals surface area contributed by atoms with Gasteiger partial charge in [0.1, 0.15) is 5.84 Å². The highest BCUT2D eigenvalue weighted by molar-refractivity contribution is 5.96. The molecular weight excluding hydrogens is 336 g/mol. The van der Waals surface area contributed by atoms with Gasteiger partial charge in [0.05, 0.1) is 12.0 Å². The summed E-state index contributed by atoms with van der Waals surface area (Å²) in [4.78, 5) is 35.0. The van der Waals surface area contributed by atoms with E-state index >= 15 is 0 Å². The molecule has 0 radical (unpaired) electrons. The molecule has 0 spiro atoms. The number of amides is 2. The minimum absolute atomic E-state index is 0.0476. The molecule has 2 amide bonds. The SMILES string of the molecule is C=CC(NC(=O)CCC(=O)Nc1ccc(C(=N)N)cc1)C(CC)C(=O)O. The lowest BCUT2D eigenvalue weighted by atomic mass is 9.97. The van der Waals surface area contributed by atoms with Crippen LogP contribution >= 0.6 is 0 Å². The molecule has 140 valence electrons. The highest BCUT2D eigenvalue weighted by Gasteiger charge is 2.25. The van der Waals surface area contributed by atoms with Crippen molar-refractivity contribution in [3.63, 3.8) is 0 Å². The normalized spacial score (nSPS) is 12.5. The maximum Gasteiger partial charge on any atom is 0.308 e. The van der Waals surface area contributed by atoms with Crippen molar-refractivity contribution in [1.29, 1.82) is 5.41 Å². The number of benzene rings is 1. The summed E-state index contributed by atoms with van der Waals surface area (Å²) in [5.41, 5.74) is 6.43. The number of hydrogen-bond acceptors (Lipinski definition) is 4. The Labute approximate surface area is 152 Å². The zero-order valence-electron chi connectivity index (χ0n) is 14.6. The molecule has 1 aromatic carbocycles. The summed E-state index contributed by atoms with van der Waals surface area (Å²) >= 11 is 0. The Kier molecular flexibility index (Phi) is 8.01. The Bertz CT molecular complexity index is 685. The molecule has 0 aromatic heterocycles. The number of carboxylic acid groups (broad SMARTS) is 1. The van der Waals surface area contributed by atoms with E-state index in [0.29, 0.717) is 17.7 Å². The van der Waals surface area contributed by atoms with Crippen LogP contribution in [0.25, 0.3) is 0 Å². The van der Waals surface area contributed by atoms with E-state index in [2.05, 4.69) is 17.2 Å². The third-order valence-corrected chi connectivity index (χ3v) is 3.83. The van der Waals surface area contributed by atoms with Crippen molar-refractivity contribution in [2.45, 2.75) is 32.2 Å². The topological polar surface area (TPSA) is 145 Å². The number of carbonyl (C=O) groups is 3. The molecule has 0 aliphatic rings. The van der Waals surface area contributed by atoms with Gasteiger partial charge in [-0.15, -0.1) is 6.58 Å². The summed E-state index contributed by atoms with van der Waals surface area (Å²) in [7, 11) is 0. The van der Waals surface area contributed by atoms with Gasteiger partial charge in [0.2, 0.25) is 11.8 Å². The largest absolute Gasteiger partial charge is 0.481 e. The van der Waals surface area contributed by atoms with Crippen LogP contribution < -0.4 is 16.4 Å². The number of rotatable bonds is 10. The van der Waals surface area contributed by atoms with E-state index in [4.69, 9.17) is 16.2 Å². The van der Waals surface area contributed by atoms with Gasteiger partial charge in [0.15, 0.2) is 0 Å². The first-order valence-corrected chi connectivity index (χ1v) is 8.17. The number of anilines is 1. The van der Waals surface area contributed by atoms with Gasteiger partial charge in [-0.3, -0.25) is 19.8 Å². The molecule has 1 aromatic rings. The molecule has 26 heavy (non-hydrogen) atoms. The third-order valence-electron chi connectivity index (χ3n) is 3.83. The zero-order valence-corrected chi connectivity index (χ0v) is 14.6. The lowest BCUT2D eigenvalue weighted by Crippen LogP contribution is -2.42. The summed E-state index contributed by atoms with van der Waals surface area (Å²) in [6.45, 7) is 5.27. The van der Waals surface area contributed by atoms with Crippen molar-refractivity contribution in [3.8, 4) is 0 Å². The Balaban J connectivity index is 2.50. The predicted octanol–water partition coefficient (Wildman–Crippen LogP) is 1.47. The molecule has 2 unspecified atom stereocenters. The number of amidine groups is 1. The Morgan fingerprint density at radius 2 is 1.81 bits per heavy atom. The molecule has 0 fully saturated rings. The lowest BCUT2D eigenvalue weighted by molar-refractivity contribution is -0.142. The molecule has 0 saturated carbocycles. The minimum Gasteiger partial charge on any atom is -0.481 e. The minimum atomic E-state index is -1.01. The van der Waals surface area contributed by atoms with Gasteiger partial charge >= 0.3 is 5.97 Å². The maximum absolute atomic E-state index is 12.0. The molecule has 0 bridgehead atoms. The van der Waals surface area contributed by atoms with Crippen LogP contribution in [0.4, 0.5) is 5.69 Å². The van der Waals surface area contributed by atoms with Crippen molar-refractivity contribution >= 4 is 29.3 Å². The van der Waals surface area contributed by atoms with Crippen LogP contribution in [-0.4, -0.2) is 34.8 Å². The number of aliphatic carboxylic acids is 1. The highest BCUT2D eigenvalue weighted by atomic mass is 16.4. The van der Waals surface area contributed by atoms with E-state index in [1.54, 1.807) is 31.2 Å². The number of nitrogen functional groups attached to an aromatic ring is 1. The first-order chi connectivity index (χ1) is 12.3. The van der Waals surface area contributed by atoms with Crippen LogP contribution in [0.3, 0.4) is 0 Å². The van der Waals surface area contributed by atoms with E-state index in [9.17, 15) is 14.4 Å². The van der Waals surface area contributed by atoms with Gasteiger partial charge in [-0.1, -0.05) is 13.0 Å². The third kappa shape index (κ3) is 6.39. The van der Waals surface area contributed by atoms with Gasteiger partial charge in [0.25, 0.3) is 0 Å². The average molecular weight is 360 g/mol. The molecule has 8 heteroatoms. The van der Waals surface area contributed by atoms with Crippen molar-refractivity contribution in [3.05, 3.63) is 42.5 Å². The molecule has 0 aliphatic heterocycles. The van der Waals surface area contributed by atoms with Crippen molar-refractivity contribution in [2.24, 2.45) is 11.7 Å².